The van der Waals surface area contributed by atoms with E-state index in [0.29, 0.717) is 35.3 Å². The van der Waals surface area contributed by atoms with E-state index >= 15 is 0 Å². The molecule has 0 bridgehead atoms. The molecule has 38 heavy (non-hydrogen) atoms. The molecule has 0 saturated heterocycles. The third-order valence-corrected chi connectivity index (χ3v) is 6.23. The van der Waals surface area contributed by atoms with E-state index in [1.807, 2.05) is 37.3 Å². The van der Waals surface area contributed by atoms with E-state index in [1.165, 1.54) is 7.11 Å². The molecule has 2 amide bonds. The van der Waals surface area contributed by atoms with E-state index in [0.717, 1.165) is 23.4 Å². The van der Waals surface area contributed by atoms with Gasteiger partial charge in [-0.1, -0.05) is 46.8 Å². The number of nitrogens with one attached hydrogen (secondary N) is 1. The molecular formula is C30H40N4O4. The van der Waals surface area contributed by atoms with E-state index in [2.05, 4.69) is 39.9 Å². The Labute approximate surface area is 225 Å². The predicted octanol–water partition coefficient (Wildman–Crippen LogP) is 5.62. The molecule has 0 atom stereocenters. The van der Waals surface area contributed by atoms with Crippen molar-refractivity contribution in [1.82, 2.24) is 14.7 Å². The molecule has 0 spiro atoms. The molecule has 0 aliphatic carbocycles. The topological polar surface area (TPSA) is 85.7 Å². The van der Waals surface area contributed by atoms with Gasteiger partial charge < -0.3 is 19.7 Å². The summed E-state index contributed by atoms with van der Waals surface area (Å²) in [4.78, 5) is 28.5. The highest BCUT2D eigenvalue weighted by Gasteiger charge is 2.25. The van der Waals surface area contributed by atoms with Crippen LogP contribution in [0.15, 0.2) is 48.5 Å². The van der Waals surface area contributed by atoms with Gasteiger partial charge in [0, 0.05) is 24.1 Å². The quantitative estimate of drug-likeness (QED) is 0.375. The Morgan fingerprint density at radius 2 is 1.79 bits per heavy atom. The molecule has 0 fully saturated rings. The van der Waals surface area contributed by atoms with Crippen LogP contribution < -0.4 is 14.8 Å². The van der Waals surface area contributed by atoms with Crippen molar-refractivity contribution < 1.29 is 19.1 Å². The van der Waals surface area contributed by atoms with Gasteiger partial charge in [-0.05, 0) is 49.1 Å². The third kappa shape index (κ3) is 7.15. The van der Waals surface area contributed by atoms with E-state index in [9.17, 15) is 9.59 Å². The lowest BCUT2D eigenvalue weighted by Gasteiger charge is -2.24. The van der Waals surface area contributed by atoms with Crippen LogP contribution in [-0.4, -0.2) is 53.8 Å². The lowest BCUT2D eigenvalue weighted by molar-refractivity contribution is -0.117. The fourth-order valence-electron chi connectivity index (χ4n) is 3.96. The van der Waals surface area contributed by atoms with Crippen LogP contribution in [0, 0.1) is 12.8 Å². The van der Waals surface area contributed by atoms with Gasteiger partial charge in [0.05, 0.1) is 31.2 Å². The Bertz CT molecular complexity index is 1270. The summed E-state index contributed by atoms with van der Waals surface area (Å²) in [6.45, 7) is 12.8. The van der Waals surface area contributed by atoms with Crippen molar-refractivity contribution in [3.63, 3.8) is 0 Å². The van der Waals surface area contributed by atoms with Gasteiger partial charge in [-0.3, -0.25) is 9.59 Å². The molecule has 1 aromatic heterocycles. The summed E-state index contributed by atoms with van der Waals surface area (Å²) in [7, 11) is 3.07. The summed E-state index contributed by atoms with van der Waals surface area (Å²) < 4.78 is 12.5. The Kier molecular flexibility index (Phi) is 9.20. The maximum atomic E-state index is 13.6. The Hall–Kier alpha value is -3.81. The van der Waals surface area contributed by atoms with E-state index in [-0.39, 0.29) is 23.8 Å². The van der Waals surface area contributed by atoms with E-state index in [4.69, 9.17) is 14.6 Å². The molecule has 204 valence electrons. The number of anilines is 1. The molecule has 0 saturated carbocycles. The first kappa shape index (κ1) is 28.8. The summed E-state index contributed by atoms with van der Waals surface area (Å²) in [5, 5.41) is 7.81. The second-order valence-corrected chi connectivity index (χ2v) is 10.9. The highest BCUT2D eigenvalue weighted by molar-refractivity contribution is 6.01. The van der Waals surface area contributed by atoms with Crippen molar-refractivity contribution in [3.05, 3.63) is 65.4 Å². The average molecular weight is 521 g/mol. The zero-order valence-corrected chi connectivity index (χ0v) is 23.8. The molecule has 0 aliphatic rings. The number of rotatable bonds is 10. The van der Waals surface area contributed by atoms with Crippen LogP contribution in [0.4, 0.5) is 5.82 Å². The average Bonchev–Trinajstić information content (AvgIpc) is 3.29. The predicted molar refractivity (Wildman–Crippen MR) is 151 cm³/mol. The standard InChI is InChI=1S/C30H40N4O4/c1-20(2)14-15-33(29(36)24-13-12-23(37-7)17-25(24)38-8)19-28(35)31-27-18-26(30(4,5)6)32-34(27)22-11-9-10-21(3)16-22/h9-13,16-18,20H,14-15,19H2,1-8H3,(H,31,35). The number of hydrogen-bond acceptors (Lipinski definition) is 5. The van der Waals surface area contributed by atoms with Gasteiger partial charge in [0.1, 0.15) is 23.9 Å². The van der Waals surface area contributed by atoms with E-state index in [1.54, 1.807) is 34.9 Å². The number of carbonyl (C=O) groups is 2. The van der Waals surface area contributed by atoms with Gasteiger partial charge >= 0.3 is 0 Å². The Morgan fingerprint density at radius 3 is 2.39 bits per heavy atom. The van der Waals surface area contributed by atoms with Gasteiger partial charge in [-0.25, -0.2) is 4.68 Å². The number of carbonyl (C=O) groups excluding carboxylic acids is 2. The number of hydrogen-bond donors (Lipinski definition) is 1. The number of methoxy groups -OCH3 is 2. The highest BCUT2D eigenvalue weighted by atomic mass is 16.5. The van der Waals surface area contributed by atoms with Crippen LogP contribution in [0.2, 0.25) is 0 Å². The molecule has 3 aromatic rings. The van der Waals surface area contributed by atoms with Crippen LogP contribution in [0.1, 0.15) is 62.7 Å². The molecule has 1 N–H and O–H groups in total. The van der Waals surface area contributed by atoms with Gasteiger partial charge in [0.15, 0.2) is 0 Å². The summed E-state index contributed by atoms with van der Waals surface area (Å²) in [6, 6.07) is 14.9. The molecule has 1 heterocycles. The normalized spacial score (nSPS) is 11.4. The van der Waals surface area contributed by atoms with Crippen molar-refractivity contribution in [3.8, 4) is 17.2 Å². The zero-order chi connectivity index (χ0) is 28.0. The highest BCUT2D eigenvalue weighted by Crippen LogP contribution is 2.28. The minimum atomic E-state index is -0.302. The number of aromatic nitrogens is 2. The van der Waals surface area contributed by atoms with Crippen LogP contribution in [0.25, 0.3) is 5.69 Å². The van der Waals surface area contributed by atoms with Crippen LogP contribution >= 0.6 is 0 Å². The van der Waals surface area contributed by atoms with Gasteiger partial charge in [-0.2, -0.15) is 5.10 Å². The molecule has 3 rings (SSSR count). The monoisotopic (exact) mass is 520 g/mol. The first-order valence-corrected chi connectivity index (χ1v) is 12.9. The number of aryl methyl sites for hydroxylation is 1. The second-order valence-electron chi connectivity index (χ2n) is 10.9. The Balaban J connectivity index is 1.90. The van der Waals surface area contributed by atoms with Crippen molar-refractivity contribution in [2.45, 2.75) is 53.4 Å². The fourth-order valence-corrected chi connectivity index (χ4v) is 3.96. The van der Waals surface area contributed by atoms with Gasteiger partial charge in [-0.15, -0.1) is 0 Å². The lowest BCUT2D eigenvalue weighted by atomic mass is 9.92. The molecule has 2 aromatic carbocycles. The van der Waals surface area contributed by atoms with Gasteiger partial charge in [0.2, 0.25) is 5.91 Å². The van der Waals surface area contributed by atoms with Crippen molar-refractivity contribution in [2.24, 2.45) is 5.92 Å². The maximum absolute atomic E-state index is 13.6. The molecule has 8 nitrogen and oxygen atoms in total. The largest absolute Gasteiger partial charge is 0.497 e. The molecule has 0 radical (unpaired) electrons. The SMILES string of the molecule is COc1ccc(C(=O)N(CCC(C)C)CC(=O)Nc2cc(C(C)(C)C)nn2-c2cccc(C)c2)c(OC)c1. The van der Waals surface area contributed by atoms with Gasteiger partial charge in [0.25, 0.3) is 5.91 Å². The van der Waals surface area contributed by atoms with Crippen LogP contribution in [0.5, 0.6) is 11.5 Å². The summed E-state index contributed by atoms with van der Waals surface area (Å²) >= 11 is 0. The number of ether oxygens (including phenoxy) is 2. The van der Waals surface area contributed by atoms with Crippen molar-refractivity contribution in [2.75, 3.05) is 32.6 Å². The molecule has 0 aliphatic heterocycles. The summed E-state index contributed by atoms with van der Waals surface area (Å²) in [5.74, 6) is 1.33. The minimum Gasteiger partial charge on any atom is -0.497 e. The smallest absolute Gasteiger partial charge is 0.258 e. The molecule has 8 heteroatoms. The number of amides is 2. The first-order chi connectivity index (χ1) is 17.9. The Morgan fingerprint density at radius 1 is 1.05 bits per heavy atom. The number of nitrogens with zero attached hydrogens (tertiary/aromatic N) is 3. The van der Waals surface area contributed by atoms with Crippen LogP contribution in [0.3, 0.4) is 0 Å². The van der Waals surface area contributed by atoms with Crippen molar-refractivity contribution in [1.29, 1.82) is 0 Å². The van der Waals surface area contributed by atoms with Crippen molar-refractivity contribution >= 4 is 17.6 Å². The summed E-state index contributed by atoms with van der Waals surface area (Å²) in [5.41, 5.74) is 2.96. The van der Waals surface area contributed by atoms with E-state index < -0.39 is 0 Å². The first-order valence-electron chi connectivity index (χ1n) is 12.9. The maximum Gasteiger partial charge on any atom is 0.258 e. The minimum absolute atomic E-state index is 0.107. The second kappa shape index (κ2) is 12.2. The van der Waals surface area contributed by atoms with Crippen LogP contribution in [-0.2, 0) is 10.2 Å². The molecular weight excluding hydrogens is 480 g/mol. The third-order valence-electron chi connectivity index (χ3n) is 6.23. The number of benzene rings is 2. The summed E-state index contributed by atoms with van der Waals surface area (Å²) in [6.07, 6.45) is 0.757. The molecule has 0 unspecified atom stereocenters. The fraction of sp³-hybridized carbons (Fsp3) is 0.433. The lowest BCUT2D eigenvalue weighted by Crippen LogP contribution is -2.39. The zero-order valence-electron chi connectivity index (χ0n) is 23.8.